The number of nitrogens with zero attached hydrogens (tertiary/aromatic N) is 1. The third-order valence-electron chi connectivity index (χ3n) is 6.04. The quantitative estimate of drug-likeness (QED) is 0.806. The molecule has 0 radical (unpaired) electrons. The molecule has 4 rings (SSSR count). The third kappa shape index (κ3) is 3.18. The molecule has 0 bridgehead atoms. The van der Waals surface area contributed by atoms with E-state index >= 15 is 0 Å². The number of hydrogen-bond donors (Lipinski definition) is 1. The minimum atomic E-state index is -0.341. The molecule has 1 saturated heterocycles. The monoisotopic (exact) mass is 343 g/mol. The standard InChI is InChI=1S/C21H29NO3/c1-3-24-19-12-16(6-7-18(19)25-14-15-4-5-15)21-9-8-17(23)13-20(21)22(2)11-10-21/h6-9,12,15,17,20,23H,3-5,10-11,13-14H2,1-2H3/t17-,20-,21-/m0/s1. The zero-order valence-corrected chi connectivity index (χ0v) is 15.3. The molecule has 1 aromatic carbocycles. The van der Waals surface area contributed by atoms with Crippen LogP contribution in [-0.2, 0) is 5.41 Å². The number of likely N-dealkylation sites (tertiary alicyclic amines) is 1. The summed E-state index contributed by atoms with van der Waals surface area (Å²) < 4.78 is 11.9. The lowest BCUT2D eigenvalue weighted by Gasteiger charge is -2.39. The minimum Gasteiger partial charge on any atom is -0.490 e. The molecule has 0 spiro atoms. The van der Waals surface area contributed by atoms with Crippen LogP contribution < -0.4 is 9.47 Å². The second kappa shape index (κ2) is 6.65. The van der Waals surface area contributed by atoms with Gasteiger partial charge in [0, 0.05) is 11.5 Å². The normalized spacial score (nSPS) is 31.8. The van der Waals surface area contributed by atoms with Crippen molar-refractivity contribution in [2.24, 2.45) is 5.92 Å². The molecule has 136 valence electrons. The van der Waals surface area contributed by atoms with E-state index in [-0.39, 0.29) is 11.5 Å². The molecule has 1 aliphatic heterocycles. The van der Waals surface area contributed by atoms with E-state index in [9.17, 15) is 5.11 Å². The summed E-state index contributed by atoms with van der Waals surface area (Å²) in [7, 11) is 2.16. The van der Waals surface area contributed by atoms with Crippen LogP contribution in [0.25, 0.3) is 0 Å². The molecule has 4 nitrogen and oxygen atoms in total. The Morgan fingerprint density at radius 1 is 1.24 bits per heavy atom. The average Bonchev–Trinajstić information content (AvgIpc) is 3.38. The van der Waals surface area contributed by atoms with E-state index in [2.05, 4.69) is 36.2 Å². The van der Waals surface area contributed by atoms with Crippen molar-refractivity contribution < 1.29 is 14.6 Å². The van der Waals surface area contributed by atoms with Crippen molar-refractivity contribution in [3.8, 4) is 11.5 Å². The summed E-state index contributed by atoms with van der Waals surface area (Å²) >= 11 is 0. The first-order chi connectivity index (χ1) is 12.1. The van der Waals surface area contributed by atoms with Crippen molar-refractivity contribution in [1.82, 2.24) is 4.90 Å². The van der Waals surface area contributed by atoms with Crippen molar-refractivity contribution in [3.05, 3.63) is 35.9 Å². The number of benzene rings is 1. The average molecular weight is 343 g/mol. The zero-order chi connectivity index (χ0) is 17.4. The summed E-state index contributed by atoms with van der Waals surface area (Å²) in [6, 6.07) is 6.77. The number of hydrogen-bond acceptors (Lipinski definition) is 4. The van der Waals surface area contributed by atoms with Crippen LogP contribution in [0.3, 0.4) is 0 Å². The Bertz CT molecular complexity index is 655. The predicted octanol–water partition coefficient (Wildman–Crippen LogP) is 3.14. The summed E-state index contributed by atoms with van der Waals surface area (Å²) in [6.45, 7) is 4.49. The molecular formula is C21H29NO3. The van der Waals surface area contributed by atoms with Gasteiger partial charge in [-0.1, -0.05) is 18.2 Å². The van der Waals surface area contributed by atoms with Crippen LogP contribution in [0.5, 0.6) is 11.5 Å². The summed E-state index contributed by atoms with van der Waals surface area (Å²) in [4.78, 5) is 2.38. The number of aliphatic hydroxyl groups is 1. The van der Waals surface area contributed by atoms with Gasteiger partial charge in [0.2, 0.25) is 0 Å². The second-order valence-electron chi connectivity index (χ2n) is 7.80. The molecule has 3 aliphatic rings. The van der Waals surface area contributed by atoms with E-state index in [1.165, 1.54) is 18.4 Å². The molecule has 3 atom stereocenters. The first-order valence-corrected chi connectivity index (χ1v) is 9.60. The van der Waals surface area contributed by atoms with E-state index in [1.54, 1.807) is 0 Å². The van der Waals surface area contributed by atoms with Crippen molar-refractivity contribution in [2.45, 2.75) is 50.2 Å². The van der Waals surface area contributed by atoms with Crippen LogP contribution >= 0.6 is 0 Å². The van der Waals surface area contributed by atoms with Crippen molar-refractivity contribution in [3.63, 3.8) is 0 Å². The maximum absolute atomic E-state index is 10.1. The van der Waals surface area contributed by atoms with Crippen LogP contribution in [-0.4, -0.2) is 49.0 Å². The molecule has 25 heavy (non-hydrogen) atoms. The highest BCUT2D eigenvalue weighted by Gasteiger charge is 2.48. The SMILES string of the molecule is CCOc1cc([C@@]23C=C[C@H](O)C[C@@H]2N(C)CC3)ccc1OCC1CC1. The number of likely N-dealkylation sites (N-methyl/N-ethyl adjacent to an activating group) is 1. The van der Waals surface area contributed by atoms with Gasteiger partial charge in [0.25, 0.3) is 0 Å². The lowest BCUT2D eigenvalue weighted by atomic mass is 9.69. The smallest absolute Gasteiger partial charge is 0.161 e. The summed E-state index contributed by atoms with van der Waals surface area (Å²) in [6.07, 6.45) is 8.28. The molecule has 2 aliphatic carbocycles. The van der Waals surface area contributed by atoms with Gasteiger partial charge in [-0.05, 0) is 69.8 Å². The molecule has 1 heterocycles. The molecule has 1 N–H and O–H groups in total. The molecule has 1 saturated carbocycles. The lowest BCUT2D eigenvalue weighted by Crippen LogP contribution is -2.44. The van der Waals surface area contributed by atoms with Crippen LogP contribution in [0.2, 0.25) is 0 Å². The van der Waals surface area contributed by atoms with Crippen molar-refractivity contribution >= 4 is 0 Å². The Morgan fingerprint density at radius 3 is 2.84 bits per heavy atom. The largest absolute Gasteiger partial charge is 0.490 e. The van der Waals surface area contributed by atoms with E-state index in [0.29, 0.717) is 12.6 Å². The van der Waals surface area contributed by atoms with Gasteiger partial charge in [-0.15, -0.1) is 0 Å². The Labute approximate surface area is 150 Å². The molecular weight excluding hydrogens is 314 g/mol. The lowest BCUT2D eigenvalue weighted by molar-refractivity contribution is 0.137. The van der Waals surface area contributed by atoms with E-state index in [1.807, 2.05) is 13.0 Å². The minimum absolute atomic E-state index is 0.0329. The molecule has 0 amide bonds. The predicted molar refractivity (Wildman–Crippen MR) is 98.3 cm³/mol. The van der Waals surface area contributed by atoms with Crippen molar-refractivity contribution in [2.75, 3.05) is 26.8 Å². The van der Waals surface area contributed by atoms with Gasteiger partial charge in [-0.2, -0.15) is 0 Å². The fraction of sp³-hybridized carbons (Fsp3) is 0.619. The summed E-state index contributed by atoms with van der Waals surface area (Å²) in [5.74, 6) is 2.43. The van der Waals surface area contributed by atoms with Gasteiger partial charge < -0.3 is 19.5 Å². The number of rotatable bonds is 6. The first kappa shape index (κ1) is 16.9. The van der Waals surface area contributed by atoms with E-state index in [4.69, 9.17) is 9.47 Å². The zero-order valence-electron chi connectivity index (χ0n) is 15.3. The molecule has 0 aromatic heterocycles. The summed E-state index contributed by atoms with van der Waals surface area (Å²) in [5, 5.41) is 10.1. The Balaban J connectivity index is 1.66. The maximum atomic E-state index is 10.1. The van der Waals surface area contributed by atoms with Gasteiger partial charge in [0.15, 0.2) is 11.5 Å². The van der Waals surface area contributed by atoms with E-state index in [0.717, 1.165) is 43.4 Å². The number of aliphatic hydroxyl groups excluding tert-OH is 1. The highest BCUT2D eigenvalue weighted by atomic mass is 16.5. The topological polar surface area (TPSA) is 41.9 Å². The van der Waals surface area contributed by atoms with Crippen LogP contribution in [0, 0.1) is 5.92 Å². The molecule has 4 heteroatoms. The van der Waals surface area contributed by atoms with Crippen LogP contribution in [0.4, 0.5) is 0 Å². The highest BCUT2D eigenvalue weighted by molar-refractivity contribution is 5.49. The maximum Gasteiger partial charge on any atom is 0.161 e. The number of fused-ring (bicyclic) bond motifs is 1. The Kier molecular flexibility index (Phi) is 4.50. The van der Waals surface area contributed by atoms with Gasteiger partial charge in [0.05, 0.1) is 19.3 Å². The first-order valence-electron chi connectivity index (χ1n) is 9.60. The van der Waals surface area contributed by atoms with Gasteiger partial charge >= 0.3 is 0 Å². The Hall–Kier alpha value is -1.52. The summed E-state index contributed by atoms with van der Waals surface area (Å²) in [5.41, 5.74) is 1.24. The van der Waals surface area contributed by atoms with Gasteiger partial charge in [0.1, 0.15) is 0 Å². The van der Waals surface area contributed by atoms with Gasteiger partial charge in [-0.3, -0.25) is 0 Å². The number of ether oxygens (including phenoxy) is 2. The second-order valence-corrected chi connectivity index (χ2v) is 7.80. The Morgan fingerprint density at radius 2 is 2.08 bits per heavy atom. The molecule has 1 aromatic rings. The fourth-order valence-corrected chi connectivity index (χ4v) is 4.36. The molecule has 2 fully saturated rings. The molecule has 0 unspecified atom stereocenters. The van der Waals surface area contributed by atoms with Crippen molar-refractivity contribution in [1.29, 1.82) is 0 Å². The highest BCUT2D eigenvalue weighted by Crippen LogP contribution is 2.47. The fourth-order valence-electron chi connectivity index (χ4n) is 4.36. The van der Waals surface area contributed by atoms with Crippen LogP contribution in [0.15, 0.2) is 30.4 Å². The van der Waals surface area contributed by atoms with Gasteiger partial charge in [-0.25, -0.2) is 0 Å². The van der Waals surface area contributed by atoms with Crippen LogP contribution in [0.1, 0.15) is 38.2 Å². The third-order valence-corrected chi connectivity index (χ3v) is 6.04. The van der Waals surface area contributed by atoms with E-state index < -0.39 is 0 Å².